The second-order valence-corrected chi connectivity index (χ2v) is 7.62. The van der Waals surface area contributed by atoms with E-state index in [1.807, 2.05) is 0 Å². The van der Waals surface area contributed by atoms with Crippen LogP contribution in [0.15, 0.2) is 0 Å². The van der Waals surface area contributed by atoms with Crippen LogP contribution in [0.3, 0.4) is 0 Å². The number of hydrogen-bond acceptors (Lipinski definition) is 2. The van der Waals surface area contributed by atoms with E-state index in [0.717, 1.165) is 12.3 Å². The maximum atomic E-state index is 10.7. The molecule has 1 saturated heterocycles. The van der Waals surface area contributed by atoms with Gasteiger partial charge in [-0.3, -0.25) is 0 Å². The molecule has 0 radical (unpaired) electrons. The highest BCUT2D eigenvalue weighted by molar-refractivity contribution is 5.22. The largest absolute Gasteiger partial charge is 0.390 e. The van der Waals surface area contributed by atoms with Crippen LogP contribution in [0.25, 0.3) is 0 Å². The number of ether oxygens (including phenoxy) is 1. The third-order valence-corrected chi connectivity index (χ3v) is 7.15. The average molecular weight is 236 g/mol. The minimum atomic E-state index is -0.251. The van der Waals surface area contributed by atoms with Gasteiger partial charge in [0.25, 0.3) is 0 Å². The molecule has 0 aromatic carbocycles. The molecule has 1 spiro atoms. The van der Waals surface area contributed by atoms with Crippen molar-refractivity contribution in [3.8, 4) is 0 Å². The number of rotatable bonds is 0. The van der Waals surface area contributed by atoms with Gasteiger partial charge < -0.3 is 9.84 Å². The van der Waals surface area contributed by atoms with Crippen molar-refractivity contribution >= 4 is 0 Å². The van der Waals surface area contributed by atoms with Crippen LogP contribution < -0.4 is 0 Å². The lowest BCUT2D eigenvalue weighted by Gasteiger charge is -2.54. The van der Waals surface area contributed by atoms with E-state index in [1.54, 1.807) is 0 Å². The molecule has 1 aliphatic heterocycles. The molecule has 4 fully saturated rings. The molecule has 0 aromatic heterocycles. The number of aliphatic hydroxyl groups excluding tert-OH is 1. The van der Waals surface area contributed by atoms with Crippen LogP contribution in [0.2, 0.25) is 0 Å². The number of hydrogen-bond donors (Lipinski definition) is 1. The monoisotopic (exact) mass is 236 g/mol. The Kier molecular flexibility index (Phi) is 1.75. The standard InChI is InChI=1S/C15H24O2/c1-9-4-5-11-14(3)12(16)10-8-15(9,11)7-6-13(10,2)17-14/h9-12,16H,4-8H2,1-3H3/t9?,10-,11-,12-,13-,14-,15+/m1/s1. The van der Waals surface area contributed by atoms with E-state index < -0.39 is 0 Å². The second kappa shape index (κ2) is 2.75. The van der Waals surface area contributed by atoms with E-state index in [-0.39, 0.29) is 17.3 Å². The van der Waals surface area contributed by atoms with Gasteiger partial charge in [0.2, 0.25) is 0 Å². The molecule has 0 aromatic rings. The first-order valence-electron chi connectivity index (χ1n) is 7.31. The molecule has 1 unspecified atom stereocenters. The Bertz CT molecular complexity index is 381. The summed E-state index contributed by atoms with van der Waals surface area (Å²) in [4.78, 5) is 0. The van der Waals surface area contributed by atoms with E-state index in [9.17, 15) is 5.11 Å². The lowest BCUT2D eigenvalue weighted by atomic mass is 9.50. The molecule has 96 valence electrons. The van der Waals surface area contributed by atoms with Crippen molar-refractivity contribution in [1.29, 1.82) is 0 Å². The van der Waals surface area contributed by atoms with Crippen molar-refractivity contribution in [2.45, 2.75) is 70.2 Å². The minimum absolute atomic E-state index is 0.0382. The number of aliphatic hydroxyl groups is 1. The number of fused-ring (bicyclic) bond motifs is 2. The summed E-state index contributed by atoms with van der Waals surface area (Å²) in [6.45, 7) is 6.87. The van der Waals surface area contributed by atoms with Crippen LogP contribution >= 0.6 is 0 Å². The highest BCUT2D eigenvalue weighted by Gasteiger charge is 2.74. The molecular weight excluding hydrogens is 212 g/mol. The molecule has 4 rings (SSSR count). The topological polar surface area (TPSA) is 29.5 Å². The summed E-state index contributed by atoms with van der Waals surface area (Å²) in [5.74, 6) is 1.81. The van der Waals surface area contributed by atoms with Crippen molar-refractivity contribution in [1.82, 2.24) is 0 Å². The molecule has 1 N–H and O–H groups in total. The van der Waals surface area contributed by atoms with E-state index in [4.69, 9.17) is 4.74 Å². The van der Waals surface area contributed by atoms with Gasteiger partial charge in [-0.05, 0) is 63.2 Å². The summed E-state index contributed by atoms with van der Waals surface area (Å²) in [7, 11) is 0. The fraction of sp³-hybridized carbons (Fsp3) is 1.00. The highest BCUT2D eigenvalue weighted by Crippen LogP contribution is 2.72. The zero-order valence-electron chi connectivity index (χ0n) is 11.2. The molecular formula is C15H24O2. The normalized spacial score (nSPS) is 68.5. The first-order valence-corrected chi connectivity index (χ1v) is 7.31. The smallest absolute Gasteiger partial charge is 0.0956 e. The fourth-order valence-corrected chi connectivity index (χ4v) is 6.16. The average Bonchev–Trinajstić information content (AvgIpc) is 2.62. The van der Waals surface area contributed by atoms with Crippen LogP contribution in [0, 0.1) is 23.2 Å². The van der Waals surface area contributed by atoms with E-state index in [0.29, 0.717) is 17.3 Å². The summed E-state index contributed by atoms with van der Waals surface area (Å²) in [6.07, 6.45) is 6.07. The Hall–Kier alpha value is -0.0800. The van der Waals surface area contributed by atoms with Gasteiger partial charge in [-0.1, -0.05) is 6.92 Å². The third kappa shape index (κ3) is 0.952. The lowest BCUT2D eigenvalue weighted by molar-refractivity contribution is -0.145. The first kappa shape index (κ1) is 10.8. The zero-order valence-corrected chi connectivity index (χ0v) is 11.2. The van der Waals surface area contributed by atoms with Gasteiger partial charge in [0.15, 0.2) is 0 Å². The van der Waals surface area contributed by atoms with Crippen molar-refractivity contribution in [3.63, 3.8) is 0 Å². The Labute approximate surface area is 104 Å². The van der Waals surface area contributed by atoms with Crippen LogP contribution in [0.4, 0.5) is 0 Å². The van der Waals surface area contributed by atoms with Gasteiger partial charge in [0.05, 0.1) is 17.3 Å². The summed E-state index contributed by atoms with van der Waals surface area (Å²) >= 11 is 0. The summed E-state index contributed by atoms with van der Waals surface area (Å²) < 4.78 is 6.47. The van der Waals surface area contributed by atoms with E-state index >= 15 is 0 Å². The molecule has 3 aliphatic carbocycles. The van der Waals surface area contributed by atoms with Crippen LogP contribution in [0.5, 0.6) is 0 Å². The lowest BCUT2D eigenvalue weighted by Crippen LogP contribution is -2.57. The Morgan fingerprint density at radius 2 is 1.94 bits per heavy atom. The Morgan fingerprint density at radius 3 is 2.71 bits per heavy atom. The summed E-state index contributed by atoms with van der Waals surface area (Å²) in [5.41, 5.74) is 0.205. The van der Waals surface area contributed by atoms with Gasteiger partial charge >= 0.3 is 0 Å². The van der Waals surface area contributed by atoms with Gasteiger partial charge in [0.1, 0.15) is 0 Å². The van der Waals surface area contributed by atoms with Crippen LogP contribution in [-0.4, -0.2) is 22.4 Å². The quantitative estimate of drug-likeness (QED) is 0.701. The highest BCUT2D eigenvalue weighted by atomic mass is 16.6. The molecule has 17 heavy (non-hydrogen) atoms. The summed E-state index contributed by atoms with van der Waals surface area (Å²) in [5, 5.41) is 10.7. The fourth-order valence-electron chi connectivity index (χ4n) is 6.16. The van der Waals surface area contributed by atoms with Gasteiger partial charge in [0, 0.05) is 5.92 Å². The van der Waals surface area contributed by atoms with Crippen LogP contribution in [-0.2, 0) is 4.74 Å². The maximum absolute atomic E-state index is 10.7. The predicted octanol–water partition coefficient (Wildman–Crippen LogP) is 2.74. The van der Waals surface area contributed by atoms with Crippen LogP contribution in [0.1, 0.15) is 52.9 Å². The van der Waals surface area contributed by atoms with Gasteiger partial charge in [-0.25, -0.2) is 0 Å². The molecule has 3 saturated carbocycles. The zero-order chi connectivity index (χ0) is 12.1. The molecule has 3 bridgehead atoms. The molecule has 0 amide bonds. The van der Waals surface area contributed by atoms with E-state index in [2.05, 4.69) is 20.8 Å². The Morgan fingerprint density at radius 1 is 1.18 bits per heavy atom. The van der Waals surface area contributed by atoms with Gasteiger partial charge in [-0.2, -0.15) is 0 Å². The molecule has 4 aliphatic rings. The second-order valence-electron chi connectivity index (χ2n) is 7.62. The summed E-state index contributed by atoms with van der Waals surface area (Å²) in [6, 6.07) is 0. The maximum Gasteiger partial charge on any atom is 0.0956 e. The third-order valence-electron chi connectivity index (χ3n) is 7.15. The van der Waals surface area contributed by atoms with E-state index in [1.165, 1.54) is 25.7 Å². The SMILES string of the molecule is CC1CC[C@H]2[C@]13CC[C@@]1(C)O[C@@]2(C)[C@H](O)[C@H]1C3. The molecule has 1 heterocycles. The van der Waals surface area contributed by atoms with Crippen molar-refractivity contribution in [2.24, 2.45) is 23.2 Å². The van der Waals surface area contributed by atoms with Crippen molar-refractivity contribution < 1.29 is 9.84 Å². The first-order chi connectivity index (χ1) is 7.92. The van der Waals surface area contributed by atoms with Gasteiger partial charge in [-0.15, -0.1) is 0 Å². The molecule has 2 nitrogen and oxygen atoms in total. The van der Waals surface area contributed by atoms with Crippen molar-refractivity contribution in [3.05, 3.63) is 0 Å². The minimum Gasteiger partial charge on any atom is -0.390 e. The van der Waals surface area contributed by atoms with Crippen molar-refractivity contribution in [2.75, 3.05) is 0 Å². The predicted molar refractivity (Wildman–Crippen MR) is 65.6 cm³/mol. The molecule has 7 atom stereocenters. The molecule has 2 heteroatoms. The Balaban J connectivity index is 1.90.